The molecule has 0 bridgehead atoms. The molecule has 2 aromatic carbocycles. The van der Waals surface area contributed by atoms with Crippen molar-refractivity contribution >= 4 is 99.0 Å². The van der Waals surface area contributed by atoms with Crippen molar-refractivity contribution in [3.63, 3.8) is 0 Å². The van der Waals surface area contributed by atoms with Crippen LogP contribution in [0.4, 0.5) is 0 Å². The zero-order chi connectivity index (χ0) is 46.2. The van der Waals surface area contributed by atoms with Crippen molar-refractivity contribution < 1.29 is 0 Å². The molecule has 0 heterocycles. The molecular weight excluding hydrogens is 855 g/mol. The maximum absolute atomic E-state index is 2.85. The Bertz CT molecular complexity index is 1480. The average molecular weight is 954 g/mol. The molecule has 0 saturated heterocycles. The topological polar surface area (TPSA) is 0 Å². The zero-order valence-corrected chi connectivity index (χ0v) is 55.1. The van der Waals surface area contributed by atoms with Gasteiger partial charge in [-0.15, -0.1) is 0 Å². The van der Waals surface area contributed by atoms with Gasteiger partial charge >= 0.3 is 387 Å². The second-order valence-corrected chi connectivity index (χ2v) is 78.2. The summed E-state index contributed by atoms with van der Waals surface area (Å²) in [4.78, 5) is 0. The van der Waals surface area contributed by atoms with Crippen LogP contribution in [0.15, 0.2) is 24.3 Å². The molecular formula is C48H98Al2Si8. The van der Waals surface area contributed by atoms with Crippen molar-refractivity contribution in [2.24, 2.45) is 0 Å². The van der Waals surface area contributed by atoms with E-state index in [2.05, 4.69) is 223 Å². The molecule has 0 radical (unpaired) electrons. The number of benzene rings is 2. The van der Waals surface area contributed by atoms with Gasteiger partial charge in [-0.05, 0) is 0 Å². The molecule has 0 aliphatic carbocycles. The molecule has 0 atom stereocenters. The normalized spacial score (nSPS) is 15.0. The molecule has 0 unspecified atom stereocenters. The van der Waals surface area contributed by atoms with E-state index in [1.165, 1.54) is 0 Å². The van der Waals surface area contributed by atoms with Crippen molar-refractivity contribution in [2.45, 2.75) is 230 Å². The number of rotatable bonds is 14. The van der Waals surface area contributed by atoms with Gasteiger partial charge in [0.05, 0.1) is 0 Å². The third-order valence-electron chi connectivity index (χ3n) is 12.8. The van der Waals surface area contributed by atoms with Crippen LogP contribution < -0.4 is 8.85 Å². The number of hydrogen-bond donors (Lipinski definition) is 0. The standard InChI is InChI=1S/2C24H49Si4.2Al/c2*1-24(2,3)21-17-19(22(25(4,5)6)26(7,8)9)16-20(18-21)23(27(10,11)12)28(13,14)15;;/h2*17-18,22-23H,1-15H3;;. The predicted molar refractivity (Wildman–Crippen MR) is 299 cm³/mol. The van der Waals surface area contributed by atoms with Gasteiger partial charge in [-0.1, -0.05) is 0 Å². The minimum atomic E-state index is -1.59. The first-order chi connectivity index (χ1) is 25.1. The van der Waals surface area contributed by atoms with Gasteiger partial charge in [-0.3, -0.25) is 0 Å². The molecule has 0 saturated carbocycles. The summed E-state index contributed by atoms with van der Waals surface area (Å²) in [6, 6.07) is 11.4. The second kappa shape index (κ2) is 17.9. The summed E-state index contributed by atoms with van der Waals surface area (Å²) in [5, 5.41) is 3.01. The Morgan fingerprint density at radius 3 is 0.534 bits per heavy atom. The summed E-state index contributed by atoms with van der Waals surface area (Å²) in [6.45, 7) is 80.3. The molecule has 0 aromatic heterocycles. The third kappa shape index (κ3) is 13.9. The van der Waals surface area contributed by atoms with Gasteiger partial charge in [0, 0.05) is 0 Å². The molecule has 0 N–H and O–H groups in total. The summed E-state index contributed by atoms with van der Waals surface area (Å²) >= 11 is 0.251. The van der Waals surface area contributed by atoms with E-state index >= 15 is 0 Å². The van der Waals surface area contributed by atoms with E-state index in [-0.39, 0.29) is 36.4 Å². The molecule has 0 fully saturated rings. The second-order valence-electron chi connectivity index (χ2n) is 29.6. The van der Waals surface area contributed by atoms with Gasteiger partial charge in [-0.2, -0.15) is 0 Å². The zero-order valence-electron chi connectivity index (χ0n) is 44.8. The van der Waals surface area contributed by atoms with Crippen LogP contribution in [-0.4, -0.2) is 90.1 Å². The fraction of sp³-hybridized carbons (Fsp3) is 0.750. The SMILES string of the molecule is CC(C)(C)c1cc(C([Si](C)(C)C)[Si](C)(C)C)[c]([Al]=[Al][c]2c(C([Si](C)(C)C)[Si](C)(C)C)cc(C(C)(C)C)cc2C([Si](C)(C)C)[Si](C)(C)C)c(C([Si](C)(C)C)[Si](C)(C)C)c1. The quantitative estimate of drug-likeness (QED) is 0.166. The molecule has 58 heavy (non-hydrogen) atoms. The first-order valence-electron chi connectivity index (χ1n) is 23.2. The summed E-state index contributed by atoms with van der Waals surface area (Å²) in [5.41, 5.74) is 10.9. The summed E-state index contributed by atoms with van der Waals surface area (Å²) in [7, 11) is -12.7. The van der Waals surface area contributed by atoms with Gasteiger partial charge in [0.15, 0.2) is 0 Å². The van der Waals surface area contributed by atoms with E-state index in [0.717, 1.165) is 20.7 Å². The van der Waals surface area contributed by atoms with Crippen LogP contribution in [0.1, 0.15) is 95.6 Å². The summed E-state index contributed by atoms with van der Waals surface area (Å²) in [6.07, 6.45) is 0. The van der Waals surface area contributed by atoms with Gasteiger partial charge in [0.2, 0.25) is 0 Å². The molecule has 0 aliphatic rings. The fourth-order valence-corrected chi connectivity index (χ4v) is 70.4. The van der Waals surface area contributed by atoms with Crippen LogP contribution in [0.5, 0.6) is 0 Å². The van der Waals surface area contributed by atoms with E-state index in [1.54, 1.807) is 11.1 Å². The van der Waals surface area contributed by atoms with Crippen LogP contribution in [-0.2, 0) is 10.8 Å². The van der Waals surface area contributed by atoms with Crippen molar-refractivity contribution in [1.82, 2.24) is 0 Å². The van der Waals surface area contributed by atoms with Crippen LogP contribution in [0.3, 0.4) is 0 Å². The number of hydrogen-bond acceptors (Lipinski definition) is 0. The van der Waals surface area contributed by atoms with E-state index < -0.39 is 64.6 Å². The monoisotopic (exact) mass is 953 g/mol. The van der Waals surface area contributed by atoms with Crippen LogP contribution in [0.25, 0.3) is 0 Å². The Morgan fingerprint density at radius 2 is 0.431 bits per heavy atom. The molecule has 2 rings (SSSR count). The fourth-order valence-electron chi connectivity index (χ4n) is 12.7. The first kappa shape index (κ1) is 55.4. The molecule has 0 spiro atoms. The van der Waals surface area contributed by atoms with Crippen molar-refractivity contribution in [3.05, 3.63) is 57.6 Å². The molecule has 2 aromatic rings. The van der Waals surface area contributed by atoms with Gasteiger partial charge in [0.1, 0.15) is 0 Å². The summed E-state index contributed by atoms with van der Waals surface area (Å²) < 4.78 is 3.86. The Morgan fingerprint density at radius 1 is 0.293 bits per heavy atom. The minimum absolute atomic E-state index is 0.126. The van der Waals surface area contributed by atoms with Gasteiger partial charge < -0.3 is 0 Å². The average Bonchev–Trinajstić information content (AvgIpc) is 2.85. The Balaban J connectivity index is 3.70. The van der Waals surface area contributed by atoms with Crippen LogP contribution in [0.2, 0.25) is 157 Å². The Kier molecular flexibility index (Phi) is 17.1. The van der Waals surface area contributed by atoms with Crippen LogP contribution >= 0.6 is 0 Å². The van der Waals surface area contributed by atoms with Crippen molar-refractivity contribution in [2.75, 3.05) is 0 Å². The maximum atomic E-state index is 2.85. The Hall–Kier alpha value is 1.24. The summed E-state index contributed by atoms with van der Waals surface area (Å²) in [5.74, 6) is 0. The Labute approximate surface area is 383 Å². The third-order valence-corrected chi connectivity index (χ3v) is 54.6. The molecule has 0 amide bonds. The predicted octanol–water partition coefficient (Wildman–Crippen LogP) is 14.9. The van der Waals surface area contributed by atoms with Crippen molar-refractivity contribution in [3.8, 4) is 0 Å². The van der Waals surface area contributed by atoms with E-state index in [9.17, 15) is 0 Å². The van der Waals surface area contributed by atoms with Crippen molar-refractivity contribution in [1.29, 1.82) is 0 Å². The van der Waals surface area contributed by atoms with E-state index in [1.807, 2.05) is 31.1 Å². The van der Waals surface area contributed by atoms with Gasteiger partial charge in [0.25, 0.3) is 0 Å². The molecule has 328 valence electrons. The first-order valence-corrected chi connectivity index (χ1v) is 55.6. The molecule has 0 aliphatic heterocycles. The molecule has 0 nitrogen and oxygen atoms in total. The van der Waals surface area contributed by atoms with E-state index in [0.29, 0.717) is 0 Å². The van der Waals surface area contributed by atoms with Gasteiger partial charge in [-0.25, -0.2) is 0 Å². The molecule has 10 heteroatoms. The van der Waals surface area contributed by atoms with Crippen LogP contribution in [0, 0.1) is 0 Å². The van der Waals surface area contributed by atoms with E-state index in [4.69, 9.17) is 0 Å².